The molecule has 0 aliphatic heterocycles. The molecule has 3 amide bonds. The minimum Gasteiger partial charge on any atom is -0.508 e. The maximum Gasteiger partial charge on any atom is 0.408 e. The van der Waals surface area contributed by atoms with Gasteiger partial charge in [0.15, 0.2) is 0 Å². The van der Waals surface area contributed by atoms with Crippen molar-refractivity contribution in [3.8, 4) is 5.75 Å². The van der Waals surface area contributed by atoms with Gasteiger partial charge in [0.1, 0.15) is 23.4 Å². The second-order valence-electron chi connectivity index (χ2n) is 10.7. The van der Waals surface area contributed by atoms with Crippen LogP contribution in [0.4, 0.5) is 4.79 Å². The van der Waals surface area contributed by atoms with E-state index in [2.05, 4.69) is 17.6 Å². The number of carbonyl (C=O) groups excluding carboxylic acids is 3. The van der Waals surface area contributed by atoms with Crippen molar-refractivity contribution in [2.45, 2.75) is 105 Å². The van der Waals surface area contributed by atoms with E-state index in [-0.39, 0.29) is 29.5 Å². The molecule has 198 valence electrons. The third-order valence-corrected chi connectivity index (χ3v) is 5.56. The molecule has 8 nitrogen and oxygen atoms in total. The first-order valence-electron chi connectivity index (χ1n) is 12.6. The number of benzene rings is 1. The van der Waals surface area contributed by atoms with E-state index >= 15 is 0 Å². The van der Waals surface area contributed by atoms with Gasteiger partial charge in [-0.15, -0.1) is 0 Å². The number of ether oxygens (including phenoxy) is 1. The van der Waals surface area contributed by atoms with Crippen LogP contribution in [0.25, 0.3) is 0 Å². The molecule has 1 aromatic carbocycles. The van der Waals surface area contributed by atoms with E-state index in [1.807, 2.05) is 27.7 Å². The summed E-state index contributed by atoms with van der Waals surface area (Å²) in [6, 6.07) is 2.76. The van der Waals surface area contributed by atoms with Crippen LogP contribution in [0, 0.1) is 12.8 Å². The van der Waals surface area contributed by atoms with Gasteiger partial charge in [0.05, 0.1) is 0 Å². The Morgan fingerprint density at radius 2 is 1.71 bits per heavy atom. The number of phenolic OH excluding ortho intramolecular Hbond substituents is 1. The first-order chi connectivity index (χ1) is 16.2. The van der Waals surface area contributed by atoms with Crippen molar-refractivity contribution in [2.75, 3.05) is 6.54 Å². The van der Waals surface area contributed by atoms with Gasteiger partial charge < -0.3 is 25.4 Å². The molecule has 2 unspecified atom stereocenters. The van der Waals surface area contributed by atoms with Crippen LogP contribution in [0.1, 0.15) is 91.8 Å². The Morgan fingerprint density at radius 3 is 2.20 bits per heavy atom. The van der Waals surface area contributed by atoms with Crippen molar-refractivity contribution in [1.29, 1.82) is 0 Å². The molecule has 0 saturated carbocycles. The first-order valence-corrected chi connectivity index (χ1v) is 12.6. The number of carbonyl (C=O) groups is 3. The van der Waals surface area contributed by atoms with Crippen LogP contribution in [0.2, 0.25) is 0 Å². The topological polar surface area (TPSA) is 108 Å². The normalized spacial score (nSPS) is 13.3. The number of phenols is 1. The fourth-order valence-corrected chi connectivity index (χ4v) is 3.76. The number of hydrogen-bond acceptors (Lipinski definition) is 5. The van der Waals surface area contributed by atoms with Crippen molar-refractivity contribution < 1.29 is 24.2 Å². The van der Waals surface area contributed by atoms with Gasteiger partial charge in [-0.3, -0.25) is 9.59 Å². The molecular formula is C27H45N3O5. The highest BCUT2D eigenvalue weighted by Crippen LogP contribution is 2.29. The molecule has 0 aliphatic rings. The van der Waals surface area contributed by atoms with Gasteiger partial charge in [-0.05, 0) is 77.1 Å². The molecule has 8 heteroatoms. The van der Waals surface area contributed by atoms with Crippen LogP contribution in [0.15, 0.2) is 18.2 Å². The summed E-state index contributed by atoms with van der Waals surface area (Å²) in [5, 5.41) is 15.7. The van der Waals surface area contributed by atoms with Gasteiger partial charge in [-0.25, -0.2) is 4.79 Å². The molecule has 1 aromatic rings. The number of aromatic hydroxyl groups is 1. The lowest BCUT2D eigenvalue weighted by atomic mass is 9.96. The molecule has 0 bridgehead atoms. The van der Waals surface area contributed by atoms with Crippen LogP contribution in [-0.2, 0) is 14.3 Å². The highest BCUT2D eigenvalue weighted by molar-refractivity contribution is 5.92. The van der Waals surface area contributed by atoms with E-state index < -0.39 is 23.8 Å². The Morgan fingerprint density at radius 1 is 1.09 bits per heavy atom. The average molecular weight is 492 g/mol. The zero-order valence-corrected chi connectivity index (χ0v) is 22.9. The molecule has 2 atom stereocenters. The van der Waals surface area contributed by atoms with Crippen molar-refractivity contribution in [1.82, 2.24) is 15.5 Å². The van der Waals surface area contributed by atoms with E-state index in [4.69, 9.17) is 4.74 Å². The second-order valence-corrected chi connectivity index (χ2v) is 10.7. The number of aryl methyl sites for hydroxylation is 1. The van der Waals surface area contributed by atoms with Crippen LogP contribution in [-0.4, -0.2) is 52.1 Å². The van der Waals surface area contributed by atoms with E-state index in [9.17, 15) is 19.5 Å². The molecule has 0 fully saturated rings. The lowest BCUT2D eigenvalue weighted by Gasteiger charge is -2.38. The van der Waals surface area contributed by atoms with Crippen molar-refractivity contribution in [3.05, 3.63) is 29.3 Å². The number of alkyl carbamates (subject to hydrolysis) is 1. The van der Waals surface area contributed by atoms with Crippen LogP contribution in [0.3, 0.4) is 0 Å². The Balaban J connectivity index is 3.41. The van der Waals surface area contributed by atoms with E-state index in [0.29, 0.717) is 17.7 Å². The third-order valence-electron chi connectivity index (χ3n) is 5.56. The van der Waals surface area contributed by atoms with Crippen molar-refractivity contribution in [3.63, 3.8) is 0 Å². The zero-order chi connectivity index (χ0) is 26.9. The SMILES string of the molecule is CCCCCNC(=O)C(c1ccc(O)c(C)c1)N(C(=O)C(NC(=O)OC(C)(C)C)C(C)C)C(C)C. The summed E-state index contributed by atoms with van der Waals surface area (Å²) in [4.78, 5) is 41.4. The largest absolute Gasteiger partial charge is 0.508 e. The first kappa shape index (κ1) is 30.3. The van der Waals surface area contributed by atoms with Gasteiger partial charge >= 0.3 is 6.09 Å². The Labute approximate surface area is 210 Å². The molecule has 35 heavy (non-hydrogen) atoms. The number of nitrogens with zero attached hydrogens (tertiary/aromatic N) is 1. The number of amides is 3. The van der Waals surface area contributed by atoms with Crippen LogP contribution >= 0.6 is 0 Å². The maximum atomic E-state index is 13.9. The predicted octanol–water partition coefficient (Wildman–Crippen LogP) is 4.83. The molecule has 0 aromatic heterocycles. The summed E-state index contributed by atoms with van der Waals surface area (Å²) in [7, 11) is 0. The highest BCUT2D eigenvalue weighted by atomic mass is 16.6. The summed E-state index contributed by atoms with van der Waals surface area (Å²) < 4.78 is 5.38. The maximum absolute atomic E-state index is 13.9. The van der Waals surface area contributed by atoms with Gasteiger partial charge in [-0.2, -0.15) is 0 Å². The van der Waals surface area contributed by atoms with Gasteiger partial charge in [0.25, 0.3) is 0 Å². The fraction of sp³-hybridized carbons (Fsp3) is 0.667. The monoisotopic (exact) mass is 491 g/mol. The summed E-state index contributed by atoms with van der Waals surface area (Å²) in [6.45, 7) is 17.0. The van der Waals surface area contributed by atoms with Gasteiger partial charge in [-0.1, -0.05) is 39.7 Å². The third kappa shape index (κ3) is 9.42. The fourth-order valence-electron chi connectivity index (χ4n) is 3.76. The summed E-state index contributed by atoms with van der Waals surface area (Å²) in [5.41, 5.74) is 0.487. The van der Waals surface area contributed by atoms with Gasteiger partial charge in [0, 0.05) is 12.6 Å². The Hall–Kier alpha value is -2.77. The smallest absolute Gasteiger partial charge is 0.408 e. The van der Waals surface area contributed by atoms with Crippen molar-refractivity contribution in [2.24, 2.45) is 5.92 Å². The minimum atomic E-state index is -0.926. The minimum absolute atomic E-state index is 0.116. The number of nitrogens with one attached hydrogen (secondary N) is 2. The summed E-state index contributed by atoms with van der Waals surface area (Å²) >= 11 is 0. The average Bonchev–Trinajstić information content (AvgIpc) is 2.73. The molecule has 0 heterocycles. The lowest BCUT2D eigenvalue weighted by Crippen LogP contribution is -2.56. The highest BCUT2D eigenvalue weighted by Gasteiger charge is 2.38. The Bertz CT molecular complexity index is 861. The number of unbranched alkanes of at least 4 members (excludes halogenated alkanes) is 2. The summed E-state index contributed by atoms with van der Waals surface area (Å²) in [5.74, 6) is -0.802. The molecule has 1 rings (SSSR count). The molecule has 0 spiro atoms. The van der Waals surface area contributed by atoms with Crippen molar-refractivity contribution >= 4 is 17.9 Å². The standard InChI is InChI=1S/C27H45N3O5/c1-10-11-12-15-28-24(32)23(20-13-14-21(31)19(6)16-20)30(18(4)5)25(33)22(17(2)3)29-26(34)35-27(7,8)9/h13-14,16-18,22-23,31H,10-12,15H2,1-9H3,(H,28,32)(H,29,34). The van der Waals surface area contributed by atoms with E-state index in [0.717, 1.165) is 19.3 Å². The predicted molar refractivity (Wildman–Crippen MR) is 138 cm³/mol. The molecule has 0 radical (unpaired) electrons. The molecule has 3 N–H and O–H groups in total. The Kier molecular flexibility index (Phi) is 11.5. The quantitative estimate of drug-likeness (QED) is 0.384. The molecular weight excluding hydrogens is 446 g/mol. The van der Waals surface area contributed by atoms with Crippen LogP contribution < -0.4 is 10.6 Å². The molecule has 0 saturated heterocycles. The summed E-state index contributed by atoms with van der Waals surface area (Å²) in [6.07, 6.45) is 2.17. The number of rotatable bonds is 11. The van der Waals surface area contributed by atoms with Gasteiger partial charge in [0.2, 0.25) is 11.8 Å². The zero-order valence-electron chi connectivity index (χ0n) is 22.9. The van der Waals surface area contributed by atoms with E-state index in [1.54, 1.807) is 39.8 Å². The lowest BCUT2D eigenvalue weighted by molar-refractivity contribution is -0.145. The second kappa shape index (κ2) is 13.4. The molecule has 0 aliphatic carbocycles. The van der Waals surface area contributed by atoms with E-state index in [1.165, 1.54) is 11.0 Å². The number of hydrogen-bond donors (Lipinski definition) is 3. The van der Waals surface area contributed by atoms with Crippen LogP contribution in [0.5, 0.6) is 5.75 Å².